The van der Waals surface area contributed by atoms with Crippen molar-refractivity contribution in [3.8, 4) is 0 Å². The lowest BCUT2D eigenvalue weighted by molar-refractivity contribution is 0.202. The summed E-state index contributed by atoms with van der Waals surface area (Å²) in [5.74, 6) is 0. The average Bonchev–Trinajstić information content (AvgIpc) is 2.91. The van der Waals surface area contributed by atoms with Crippen LogP contribution in [-0.4, -0.2) is 56.1 Å². The fourth-order valence-corrected chi connectivity index (χ4v) is 7.19. The molecule has 1 heterocycles. The van der Waals surface area contributed by atoms with E-state index in [0.29, 0.717) is 26.2 Å². The first kappa shape index (κ1) is 23.9. The van der Waals surface area contributed by atoms with Gasteiger partial charge in [-0.15, -0.1) is 0 Å². The molecule has 9 heteroatoms. The zero-order chi connectivity index (χ0) is 18.9. The SMILES string of the molecule is CCCN(CCBr)P(=O)(OCc1ccc(C)n1C)N(CCBr)CCBr. The number of aromatic nitrogens is 1. The van der Waals surface area contributed by atoms with E-state index in [0.717, 1.165) is 40.3 Å². The lowest BCUT2D eigenvalue weighted by Crippen LogP contribution is -2.36. The number of nitrogens with zero attached hydrogens (tertiary/aromatic N) is 3. The van der Waals surface area contributed by atoms with Crippen molar-refractivity contribution >= 4 is 55.5 Å². The zero-order valence-corrected chi connectivity index (χ0v) is 20.9. The van der Waals surface area contributed by atoms with Crippen LogP contribution in [0.5, 0.6) is 0 Å². The first-order chi connectivity index (χ1) is 11.9. The summed E-state index contributed by atoms with van der Waals surface area (Å²) in [4.78, 5) is 0. The van der Waals surface area contributed by atoms with Crippen molar-refractivity contribution in [1.82, 2.24) is 13.9 Å². The van der Waals surface area contributed by atoms with Gasteiger partial charge in [0, 0.05) is 60.6 Å². The standard InChI is InChI=1S/C16H29Br3N3O2P/c1-4-10-21(11-7-17)25(23,22(12-8-18)13-9-19)24-14-16-6-5-15(2)20(16)3/h5-6H,4,7-14H2,1-3H3. The van der Waals surface area contributed by atoms with Gasteiger partial charge >= 0.3 is 7.67 Å². The highest BCUT2D eigenvalue weighted by atomic mass is 79.9. The van der Waals surface area contributed by atoms with Gasteiger partial charge in [0.2, 0.25) is 0 Å². The molecule has 0 aromatic carbocycles. The predicted molar refractivity (Wildman–Crippen MR) is 117 cm³/mol. The van der Waals surface area contributed by atoms with Crippen molar-refractivity contribution in [2.75, 3.05) is 42.2 Å². The fourth-order valence-electron chi connectivity index (χ4n) is 2.58. The van der Waals surface area contributed by atoms with Crippen LogP contribution in [0.4, 0.5) is 0 Å². The first-order valence-electron chi connectivity index (χ1n) is 8.49. The third-order valence-electron chi connectivity index (χ3n) is 4.08. The summed E-state index contributed by atoms with van der Waals surface area (Å²) in [7, 11) is -1.11. The molecule has 146 valence electrons. The van der Waals surface area contributed by atoms with Crippen LogP contribution < -0.4 is 0 Å². The predicted octanol–water partition coefficient (Wildman–Crippen LogP) is 5.16. The molecule has 0 saturated heterocycles. The monoisotopic (exact) mass is 563 g/mol. The Kier molecular flexibility index (Phi) is 11.8. The van der Waals surface area contributed by atoms with Gasteiger partial charge < -0.3 is 4.57 Å². The van der Waals surface area contributed by atoms with Gasteiger partial charge in [0.05, 0.1) is 6.61 Å². The van der Waals surface area contributed by atoms with E-state index in [1.807, 2.05) is 22.5 Å². The number of rotatable bonds is 13. The normalized spacial score (nSPS) is 14.4. The average molecular weight is 566 g/mol. The third kappa shape index (κ3) is 6.74. The Morgan fingerprint density at radius 3 is 1.96 bits per heavy atom. The van der Waals surface area contributed by atoms with Crippen molar-refractivity contribution in [3.63, 3.8) is 0 Å². The molecule has 0 spiro atoms. The molecule has 0 amide bonds. The summed E-state index contributed by atoms with van der Waals surface area (Å²) in [5, 5.41) is 2.27. The molecule has 1 unspecified atom stereocenters. The van der Waals surface area contributed by atoms with E-state index in [-0.39, 0.29) is 0 Å². The van der Waals surface area contributed by atoms with E-state index in [9.17, 15) is 4.57 Å². The van der Waals surface area contributed by atoms with Crippen molar-refractivity contribution < 1.29 is 9.09 Å². The van der Waals surface area contributed by atoms with Gasteiger partial charge in [-0.1, -0.05) is 54.7 Å². The molecule has 0 aliphatic carbocycles. The highest BCUT2D eigenvalue weighted by molar-refractivity contribution is 9.09. The largest absolute Gasteiger partial charge is 0.350 e. The summed E-state index contributed by atoms with van der Waals surface area (Å²) in [6.45, 7) is 7.29. The molecule has 0 bridgehead atoms. The van der Waals surface area contributed by atoms with E-state index >= 15 is 0 Å². The molecule has 5 nitrogen and oxygen atoms in total. The Morgan fingerprint density at radius 2 is 1.56 bits per heavy atom. The van der Waals surface area contributed by atoms with Crippen molar-refractivity contribution in [2.24, 2.45) is 7.05 Å². The maximum atomic E-state index is 14.0. The van der Waals surface area contributed by atoms with E-state index < -0.39 is 7.67 Å². The van der Waals surface area contributed by atoms with Gasteiger partial charge in [-0.25, -0.2) is 9.34 Å². The van der Waals surface area contributed by atoms with Crippen LogP contribution in [0.1, 0.15) is 24.7 Å². The maximum Gasteiger partial charge on any atom is 0.346 e. The van der Waals surface area contributed by atoms with Crippen molar-refractivity contribution in [1.29, 1.82) is 0 Å². The molecular formula is C16H29Br3N3O2P. The highest BCUT2D eigenvalue weighted by Crippen LogP contribution is 2.55. The first-order valence-corrected chi connectivity index (χ1v) is 13.4. The second-order valence-electron chi connectivity index (χ2n) is 5.76. The van der Waals surface area contributed by atoms with Crippen LogP contribution in [0.25, 0.3) is 0 Å². The minimum Gasteiger partial charge on any atom is -0.350 e. The van der Waals surface area contributed by atoms with Gasteiger partial charge in [0.1, 0.15) is 0 Å². The fraction of sp³-hybridized carbons (Fsp3) is 0.750. The minimum atomic E-state index is -3.12. The molecular weight excluding hydrogens is 537 g/mol. The van der Waals surface area contributed by atoms with Gasteiger partial charge in [-0.05, 0) is 25.5 Å². The number of alkyl halides is 3. The lowest BCUT2D eigenvalue weighted by atomic mass is 10.4. The number of hydrogen-bond donors (Lipinski definition) is 0. The Balaban J connectivity index is 3.10. The number of halogens is 3. The van der Waals surface area contributed by atoms with Crippen molar-refractivity contribution in [3.05, 3.63) is 23.5 Å². The van der Waals surface area contributed by atoms with Gasteiger partial charge in [-0.2, -0.15) is 0 Å². The molecule has 1 aromatic heterocycles. The Morgan fingerprint density at radius 1 is 1.04 bits per heavy atom. The quantitative estimate of drug-likeness (QED) is 0.245. The molecule has 0 aliphatic rings. The zero-order valence-electron chi connectivity index (χ0n) is 15.3. The second kappa shape index (κ2) is 12.3. The molecule has 0 radical (unpaired) electrons. The van der Waals surface area contributed by atoms with Crippen molar-refractivity contribution in [2.45, 2.75) is 26.9 Å². The Bertz CT molecular complexity index is 525. The van der Waals surface area contributed by atoms with E-state index in [1.54, 1.807) is 0 Å². The van der Waals surface area contributed by atoms with Gasteiger partial charge in [0.15, 0.2) is 0 Å². The van der Waals surface area contributed by atoms with Crippen LogP contribution in [0, 0.1) is 6.92 Å². The van der Waals surface area contributed by atoms with Crippen LogP contribution >= 0.6 is 55.5 Å². The molecule has 1 aromatic rings. The van der Waals surface area contributed by atoms with Crippen LogP contribution in [0.15, 0.2) is 12.1 Å². The number of aryl methyl sites for hydroxylation is 1. The number of hydrogen-bond acceptors (Lipinski definition) is 2. The topological polar surface area (TPSA) is 37.7 Å². The highest BCUT2D eigenvalue weighted by Gasteiger charge is 2.37. The molecule has 1 atom stereocenters. The van der Waals surface area contributed by atoms with E-state index in [1.165, 1.54) is 0 Å². The van der Waals surface area contributed by atoms with E-state index in [4.69, 9.17) is 4.52 Å². The summed E-state index contributed by atoms with van der Waals surface area (Å²) < 4.78 is 26.3. The molecule has 1 rings (SSSR count). The Hall–Kier alpha value is 0.830. The van der Waals surface area contributed by atoms with Crippen LogP contribution in [0.3, 0.4) is 0 Å². The minimum absolute atomic E-state index is 0.338. The molecule has 0 aliphatic heterocycles. The molecule has 0 saturated carbocycles. The summed E-state index contributed by atoms with van der Waals surface area (Å²) in [5.41, 5.74) is 2.20. The van der Waals surface area contributed by atoms with Gasteiger partial charge in [0.25, 0.3) is 0 Å². The Labute approximate surface area is 177 Å². The molecule has 0 fully saturated rings. The van der Waals surface area contributed by atoms with Crippen LogP contribution in [0.2, 0.25) is 0 Å². The van der Waals surface area contributed by atoms with E-state index in [2.05, 4.69) is 72.3 Å². The third-order valence-corrected chi connectivity index (χ3v) is 7.84. The summed E-state index contributed by atoms with van der Waals surface area (Å²) in [6.07, 6.45) is 0.931. The summed E-state index contributed by atoms with van der Waals surface area (Å²) in [6, 6.07) is 4.09. The maximum absolute atomic E-state index is 14.0. The lowest BCUT2D eigenvalue weighted by Gasteiger charge is -2.37. The van der Waals surface area contributed by atoms with Crippen LogP contribution in [-0.2, 0) is 22.7 Å². The smallest absolute Gasteiger partial charge is 0.346 e. The second-order valence-corrected chi connectivity index (χ2v) is 10.5. The summed E-state index contributed by atoms with van der Waals surface area (Å²) >= 11 is 10.5. The molecule has 0 N–H and O–H groups in total. The van der Waals surface area contributed by atoms with Gasteiger partial charge in [-0.3, -0.25) is 9.09 Å². The molecule has 25 heavy (non-hydrogen) atoms.